The summed E-state index contributed by atoms with van der Waals surface area (Å²) in [4.78, 5) is 25.8. The van der Waals surface area contributed by atoms with Crippen LogP contribution in [0.4, 0.5) is 23.1 Å². The molecule has 0 radical (unpaired) electrons. The molecule has 1 fully saturated rings. The Morgan fingerprint density at radius 3 is 2.59 bits per heavy atom. The van der Waals surface area contributed by atoms with Crippen LogP contribution in [0.25, 0.3) is 0 Å². The molecule has 0 spiro atoms. The second-order valence-corrected chi connectivity index (χ2v) is 7.43. The van der Waals surface area contributed by atoms with Gasteiger partial charge in [0.1, 0.15) is 11.4 Å². The Morgan fingerprint density at radius 1 is 1.19 bits per heavy atom. The number of nitrogens with zero attached hydrogens (tertiary/aromatic N) is 4. The first-order valence-corrected chi connectivity index (χ1v) is 9.51. The molecule has 0 bridgehead atoms. The molecule has 142 valence electrons. The van der Waals surface area contributed by atoms with Crippen LogP contribution in [-0.4, -0.2) is 40.1 Å². The molecular weight excluding hydrogens is 342 g/mol. The summed E-state index contributed by atoms with van der Waals surface area (Å²) in [6, 6.07) is 7.29. The van der Waals surface area contributed by atoms with Gasteiger partial charge in [0.15, 0.2) is 5.82 Å². The van der Waals surface area contributed by atoms with Crippen molar-refractivity contribution < 1.29 is 9.90 Å². The molecule has 4 rings (SSSR count). The maximum absolute atomic E-state index is 12.6. The number of fused-ring (bicyclic) bond motifs is 1. The number of anilines is 4. The van der Waals surface area contributed by atoms with E-state index in [1.165, 1.54) is 12.8 Å². The standard InChI is InChI=1S/C20H25N5O2/c1-13-11-18(27)24(2)17-12-21-20(22-14-7-9-16(26)10-8-14)23-19(17)25(13)15-5-3-4-6-15/h7-10,12-13,15,26H,3-6,11H2,1-2H3,(H,21,22,23). The third-order valence-electron chi connectivity index (χ3n) is 5.52. The van der Waals surface area contributed by atoms with E-state index < -0.39 is 0 Å². The molecule has 1 aliphatic carbocycles. The average Bonchev–Trinajstić information content (AvgIpc) is 3.15. The molecule has 2 aromatic rings. The number of phenolic OH excluding ortho intramolecular Hbond substituents is 1. The number of amides is 1. The molecule has 1 unspecified atom stereocenters. The number of hydrogen-bond donors (Lipinski definition) is 2. The van der Waals surface area contributed by atoms with E-state index in [0.717, 1.165) is 30.0 Å². The van der Waals surface area contributed by atoms with Gasteiger partial charge in [0.25, 0.3) is 0 Å². The van der Waals surface area contributed by atoms with Gasteiger partial charge in [-0.3, -0.25) is 4.79 Å². The van der Waals surface area contributed by atoms with E-state index in [1.807, 2.05) is 0 Å². The second-order valence-electron chi connectivity index (χ2n) is 7.43. The summed E-state index contributed by atoms with van der Waals surface area (Å²) in [5, 5.41) is 12.6. The fraction of sp³-hybridized carbons (Fsp3) is 0.450. The van der Waals surface area contributed by atoms with Crippen LogP contribution in [0.3, 0.4) is 0 Å². The van der Waals surface area contributed by atoms with Gasteiger partial charge in [-0.15, -0.1) is 0 Å². The lowest BCUT2D eigenvalue weighted by molar-refractivity contribution is -0.118. The first-order chi connectivity index (χ1) is 13.0. The summed E-state index contributed by atoms with van der Waals surface area (Å²) in [5.74, 6) is 1.60. The lowest BCUT2D eigenvalue weighted by atomic mass is 10.1. The van der Waals surface area contributed by atoms with Crippen LogP contribution in [0.5, 0.6) is 5.75 Å². The molecule has 1 saturated carbocycles. The Labute approximate surface area is 159 Å². The maximum atomic E-state index is 12.6. The molecule has 1 aliphatic heterocycles. The first-order valence-electron chi connectivity index (χ1n) is 9.51. The van der Waals surface area contributed by atoms with Crippen LogP contribution in [0.2, 0.25) is 0 Å². The number of carbonyl (C=O) groups is 1. The highest BCUT2D eigenvalue weighted by atomic mass is 16.3. The van der Waals surface area contributed by atoms with Crippen LogP contribution < -0.4 is 15.1 Å². The summed E-state index contributed by atoms with van der Waals surface area (Å²) >= 11 is 0. The predicted octanol–water partition coefficient (Wildman–Crippen LogP) is 3.43. The molecule has 1 atom stereocenters. The minimum Gasteiger partial charge on any atom is -0.508 e. The topological polar surface area (TPSA) is 81.6 Å². The minimum atomic E-state index is 0.0899. The number of rotatable bonds is 3. The molecule has 1 aromatic carbocycles. The van der Waals surface area contributed by atoms with Crippen molar-refractivity contribution in [3.05, 3.63) is 30.5 Å². The summed E-state index contributed by atoms with van der Waals surface area (Å²) in [7, 11) is 1.79. The van der Waals surface area contributed by atoms with Gasteiger partial charge in [-0.1, -0.05) is 12.8 Å². The molecule has 7 heteroatoms. The highest BCUT2D eigenvalue weighted by Gasteiger charge is 2.35. The first kappa shape index (κ1) is 17.6. The van der Waals surface area contributed by atoms with Gasteiger partial charge in [-0.25, -0.2) is 4.98 Å². The van der Waals surface area contributed by atoms with Crippen molar-refractivity contribution in [1.82, 2.24) is 9.97 Å². The fourth-order valence-electron chi connectivity index (χ4n) is 4.07. The number of benzene rings is 1. The van der Waals surface area contributed by atoms with E-state index in [4.69, 9.17) is 4.98 Å². The minimum absolute atomic E-state index is 0.0899. The number of hydrogen-bond acceptors (Lipinski definition) is 6. The van der Waals surface area contributed by atoms with Crippen LogP contribution >= 0.6 is 0 Å². The fourth-order valence-corrected chi connectivity index (χ4v) is 4.07. The van der Waals surface area contributed by atoms with Gasteiger partial charge in [-0.2, -0.15) is 4.98 Å². The van der Waals surface area contributed by atoms with E-state index in [1.54, 1.807) is 42.4 Å². The van der Waals surface area contributed by atoms with E-state index in [-0.39, 0.29) is 17.7 Å². The Kier molecular flexibility index (Phi) is 4.59. The average molecular weight is 367 g/mol. The van der Waals surface area contributed by atoms with Crippen LogP contribution in [0, 0.1) is 0 Å². The van der Waals surface area contributed by atoms with Gasteiger partial charge in [0, 0.05) is 31.2 Å². The van der Waals surface area contributed by atoms with E-state index in [0.29, 0.717) is 18.4 Å². The monoisotopic (exact) mass is 367 g/mol. The van der Waals surface area contributed by atoms with Crippen LogP contribution in [-0.2, 0) is 4.79 Å². The van der Waals surface area contributed by atoms with Crippen molar-refractivity contribution in [1.29, 1.82) is 0 Å². The second kappa shape index (κ2) is 7.06. The highest BCUT2D eigenvalue weighted by molar-refractivity contribution is 5.97. The third kappa shape index (κ3) is 3.41. The number of aromatic hydroxyl groups is 1. The molecule has 0 saturated heterocycles. The Bertz CT molecular complexity index is 833. The van der Waals surface area contributed by atoms with Crippen molar-refractivity contribution in [2.75, 3.05) is 22.2 Å². The number of phenols is 1. The lowest BCUT2D eigenvalue weighted by Gasteiger charge is -2.34. The molecule has 2 N–H and O–H groups in total. The zero-order valence-corrected chi connectivity index (χ0v) is 15.7. The molecule has 7 nitrogen and oxygen atoms in total. The molecule has 1 aromatic heterocycles. The summed E-state index contributed by atoms with van der Waals surface area (Å²) in [5.41, 5.74) is 1.55. The quantitative estimate of drug-likeness (QED) is 0.809. The molecule has 2 heterocycles. The van der Waals surface area contributed by atoms with Gasteiger partial charge >= 0.3 is 0 Å². The number of aromatic nitrogens is 2. The maximum Gasteiger partial charge on any atom is 0.229 e. The largest absolute Gasteiger partial charge is 0.508 e. The van der Waals surface area contributed by atoms with Crippen molar-refractivity contribution in [2.24, 2.45) is 0 Å². The summed E-state index contributed by atoms with van der Waals surface area (Å²) in [6.07, 6.45) is 6.90. The van der Waals surface area contributed by atoms with Crippen molar-refractivity contribution in [2.45, 2.75) is 51.1 Å². The van der Waals surface area contributed by atoms with Gasteiger partial charge in [-0.05, 0) is 44.0 Å². The third-order valence-corrected chi connectivity index (χ3v) is 5.52. The Hall–Kier alpha value is -2.83. The molecular formula is C20H25N5O2. The zero-order valence-electron chi connectivity index (χ0n) is 15.7. The summed E-state index contributed by atoms with van der Waals surface area (Å²) < 4.78 is 0. The van der Waals surface area contributed by atoms with Crippen molar-refractivity contribution in [3.8, 4) is 5.75 Å². The Balaban J connectivity index is 1.73. The summed E-state index contributed by atoms with van der Waals surface area (Å²) in [6.45, 7) is 2.11. The van der Waals surface area contributed by atoms with Crippen LogP contribution in [0.1, 0.15) is 39.0 Å². The van der Waals surface area contributed by atoms with Gasteiger partial charge < -0.3 is 20.2 Å². The molecule has 1 amide bonds. The Morgan fingerprint density at radius 2 is 1.89 bits per heavy atom. The zero-order chi connectivity index (χ0) is 19.0. The lowest BCUT2D eigenvalue weighted by Crippen LogP contribution is -2.41. The molecule has 27 heavy (non-hydrogen) atoms. The van der Waals surface area contributed by atoms with Gasteiger partial charge in [0.2, 0.25) is 11.9 Å². The van der Waals surface area contributed by atoms with E-state index in [9.17, 15) is 9.90 Å². The van der Waals surface area contributed by atoms with Crippen LogP contribution in [0.15, 0.2) is 30.5 Å². The SMILES string of the molecule is CC1CC(=O)N(C)c2cnc(Nc3ccc(O)cc3)nc2N1C1CCCC1. The normalized spacial score (nSPS) is 20.5. The van der Waals surface area contributed by atoms with Crippen molar-refractivity contribution >= 4 is 29.0 Å². The van der Waals surface area contributed by atoms with Crippen molar-refractivity contribution in [3.63, 3.8) is 0 Å². The van der Waals surface area contributed by atoms with E-state index >= 15 is 0 Å². The van der Waals surface area contributed by atoms with E-state index in [2.05, 4.69) is 22.1 Å². The number of carbonyl (C=O) groups excluding carboxylic acids is 1. The highest BCUT2D eigenvalue weighted by Crippen LogP contribution is 2.38. The number of nitrogens with one attached hydrogen (secondary N) is 1. The van der Waals surface area contributed by atoms with Gasteiger partial charge in [0.05, 0.1) is 6.20 Å². The molecule has 2 aliphatic rings. The smallest absolute Gasteiger partial charge is 0.229 e. The predicted molar refractivity (Wildman–Crippen MR) is 106 cm³/mol.